The molecule has 0 atom stereocenters. The van der Waals surface area contributed by atoms with Crippen LogP contribution >= 0.6 is 0 Å². The fraction of sp³-hybridized carbons (Fsp3) is 0.533. The molecule has 0 N–H and O–H groups in total. The molecule has 5 heteroatoms. The van der Waals surface area contributed by atoms with E-state index >= 15 is 0 Å². The molecule has 0 heterocycles. The zero-order valence-electron chi connectivity index (χ0n) is 12.4. The van der Waals surface area contributed by atoms with Gasteiger partial charge in [-0.3, -0.25) is 10.1 Å². The van der Waals surface area contributed by atoms with E-state index in [1.54, 1.807) is 19.9 Å². The smallest absolute Gasteiger partial charge is 0.272 e. The molecular weight excluding hydrogens is 256 g/mol. The van der Waals surface area contributed by atoms with Crippen LogP contribution < -0.4 is 4.74 Å². The van der Waals surface area contributed by atoms with Crippen LogP contribution in [-0.4, -0.2) is 11.5 Å². The maximum Gasteiger partial charge on any atom is 0.272 e. The molecule has 0 bridgehead atoms. The van der Waals surface area contributed by atoms with E-state index in [9.17, 15) is 10.1 Å². The van der Waals surface area contributed by atoms with Gasteiger partial charge in [0, 0.05) is 11.6 Å². The lowest BCUT2D eigenvalue weighted by Crippen LogP contribution is -2.10. The molecule has 0 saturated heterocycles. The summed E-state index contributed by atoms with van der Waals surface area (Å²) >= 11 is 0. The maximum absolute atomic E-state index is 10.8. The third kappa shape index (κ3) is 4.23. The standard InChI is InChI=1S/C15H20N2O3/c1-11-9-14(12(2)8-13(11)17(18)19)20-7-5-6-15(3,4)10-16/h8-9H,5-7H2,1-4H3. The van der Waals surface area contributed by atoms with Crippen LogP contribution in [0.3, 0.4) is 0 Å². The molecule has 1 rings (SSSR count). The van der Waals surface area contributed by atoms with Crippen molar-refractivity contribution in [2.45, 2.75) is 40.5 Å². The van der Waals surface area contributed by atoms with Crippen molar-refractivity contribution in [3.05, 3.63) is 33.4 Å². The molecule has 1 aromatic carbocycles. The molecule has 0 fully saturated rings. The highest BCUT2D eigenvalue weighted by molar-refractivity contribution is 5.49. The van der Waals surface area contributed by atoms with Crippen LogP contribution in [-0.2, 0) is 0 Å². The number of ether oxygens (including phenoxy) is 1. The first kappa shape index (κ1) is 16.0. The lowest BCUT2D eigenvalue weighted by molar-refractivity contribution is -0.385. The molecular formula is C15H20N2O3. The van der Waals surface area contributed by atoms with Gasteiger partial charge in [-0.25, -0.2) is 0 Å². The average molecular weight is 276 g/mol. The first-order valence-electron chi connectivity index (χ1n) is 6.56. The van der Waals surface area contributed by atoms with E-state index in [1.165, 1.54) is 6.07 Å². The molecule has 0 aliphatic heterocycles. The second-order valence-corrected chi connectivity index (χ2v) is 5.61. The van der Waals surface area contributed by atoms with Gasteiger partial charge in [0.1, 0.15) is 5.75 Å². The number of aryl methyl sites for hydroxylation is 2. The van der Waals surface area contributed by atoms with E-state index in [0.717, 1.165) is 18.4 Å². The lowest BCUT2D eigenvalue weighted by atomic mass is 9.90. The monoisotopic (exact) mass is 276 g/mol. The number of nitrogens with zero attached hydrogens (tertiary/aromatic N) is 2. The van der Waals surface area contributed by atoms with Crippen LogP contribution in [0.25, 0.3) is 0 Å². The molecule has 0 aliphatic rings. The molecule has 1 aromatic rings. The van der Waals surface area contributed by atoms with E-state index < -0.39 is 0 Å². The highest BCUT2D eigenvalue weighted by Gasteiger charge is 2.17. The fourth-order valence-corrected chi connectivity index (χ4v) is 1.88. The molecule has 0 radical (unpaired) electrons. The molecule has 0 spiro atoms. The van der Waals surface area contributed by atoms with Gasteiger partial charge in [-0.2, -0.15) is 5.26 Å². The fourth-order valence-electron chi connectivity index (χ4n) is 1.88. The molecule has 0 unspecified atom stereocenters. The Labute approximate surface area is 119 Å². The van der Waals surface area contributed by atoms with Crippen molar-refractivity contribution in [3.63, 3.8) is 0 Å². The largest absolute Gasteiger partial charge is 0.493 e. The van der Waals surface area contributed by atoms with Gasteiger partial charge in [0.25, 0.3) is 5.69 Å². The number of nitro benzene ring substituents is 1. The van der Waals surface area contributed by atoms with Crippen LogP contribution in [0, 0.1) is 40.7 Å². The lowest BCUT2D eigenvalue weighted by Gasteiger charge is -2.15. The average Bonchev–Trinajstić information content (AvgIpc) is 2.37. The summed E-state index contributed by atoms with van der Waals surface area (Å²) in [5, 5.41) is 19.7. The van der Waals surface area contributed by atoms with Crippen molar-refractivity contribution < 1.29 is 9.66 Å². The zero-order valence-corrected chi connectivity index (χ0v) is 12.4. The summed E-state index contributed by atoms with van der Waals surface area (Å²) < 4.78 is 5.66. The van der Waals surface area contributed by atoms with E-state index in [2.05, 4.69) is 6.07 Å². The summed E-state index contributed by atoms with van der Waals surface area (Å²) in [7, 11) is 0. The normalized spacial score (nSPS) is 10.9. The number of rotatable bonds is 6. The molecule has 0 aromatic heterocycles. The zero-order chi connectivity index (χ0) is 15.3. The Kier molecular flexibility index (Phi) is 5.09. The quantitative estimate of drug-likeness (QED) is 0.448. The van der Waals surface area contributed by atoms with Crippen molar-refractivity contribution in [3.8, 4) is 11.8 Å². The van der Waals surface area contributed by atoms with Crippen LogP contribution in [0.1, 0.15) is 37.8 Å². The molecule has 0 saturated carbocycles. The van der Waals surface area contributed by atoms with Crippen molar-refractivity contribution in [2.75, 3.05) is 6.61 Å². The van der Waals surface area contributed by atoms with Crippen LogP contribution in [0.15, 0.2) is 12.1 Å². The summed E-state index contributed by atoms with van der Waals surface area (Å²) in [6.45, 7) is 7.79. The molecule has 5 nitrogen and oxygen atoms in total. The molecule has 108 valence electrons. The first-order valence-corrected chi connectivity index (χ1v) is 6.56. The molecule has 20 heavy (non-hydrogen) atoms. The second kappa shape index (κ2) is 6.38. The van der Waals surface area contributed by atoms with Gasteiger partial charge in [-0.15, -0.1) is 0 Å². The SMILES string of the molecule is Cc1cc([N+](=O)[O-])c(C)cc1OCCCC(C)(C)C#N. The van der Waals surface area contributed by atoms with Crippen LogP contribution in [0.5, 0.6) is 5.75 Å². The topological polar surface area (TPSA) is 76.2 Å². The minimum atomic E-state index is -0.387. The van der Waals surface area contributed by atoms with Gasteiger partial charge in [0.15, 0.2) is 0 Å². The molecule has 0 aliphatic carbocycles. The summed E-state index contributed by atoms with van der Waals surface area (Å²) in [5.74, 6) is 0.669. The Morgan fingerprint density at radius 1 is 1.35 bits per heavy atom. The number of hydrogen-bond donors (Lipinski definition) is 0. The predicted molar refractivity (Wildman–Crippen MR) is 76.7 cm³/mol. The number of nitro groups is 1. The second-order valence-electron chi connectivity index (χ2n) is 5.61. The summed E-state index contributed by atoms with van der Waals surface area (Å²) in [6.07, 6.45) is 1.53. The van der Waals surface area contributed by atoms with Gasteiger partial charge >= 0.3 is 0 Å². The minimum Gasteiger partial charge on any atom is -0.493 e. The Morgan fingerprint density at radius 3 is 2.55 bits per heavy atom. The van der Waals surface area contributed by atoms with Gasteiger partial charge in [0.05, 0.1) is 23.0 Å². The van der Waals surface area contributed by atoms with Gasteiger partial charge < -0.3 is 4.74 Å². The third-order valence-corrected chi connectivity index (χ3v) is 3.20. The van der Waals surface area contributed by atoms with Gasteiger partial charge in [-0.05, 0) is 52.2 Å². The number of nitriles is 1. The van der Waals surface area contributed by atoms with Crippen molar-refractivity contribution in [2.24, 2.45) is 5.41 Å². The predicted octanol–water partition coefficient (Wildman–Crippen LogP) is 3.92. The Balaban J connectivity index is 2.64. The van der Waals surface area contributed by atoms with E-state index in [1.807, 2.05) is 13.8 Å². The van der Waals surface area contributed by atoms with Crippen LogP contribution in [0.2, 0.25) is 0 Å². The summed E-state index contributed by atoms with van der Waals surface area (Å²) in [4.78, 5) is 10.4. The van der Waals surface area contributed by atoms with Crippen molar-refractivity contribution in [1.29, 1.82) is 5.26 Å². The molecule has 0 amide bonds. The van der Waals surface area contributed by atoms with Gasteiger partial charge in [-0.1, -0.05) is 0 Å². The Morgan fingerprint density at radius 2 is 2.00 bits per heavy atom. The van der Waals surface area contributed by atoms with Crippen LogP contribution in [0.4, 0.5) is 5.69 Å². The maximum atomic E-state index is 10.8. The van der Waals surface area contributed by atoms with E-state index in [-0.39, 0.29) is 16.0 Å². The first-order chi connectivity index (χ1) is 9.26. The number of hydrogen-bond acceptors (Lipinski definition) is 4. The van der Waals surface area contributed by atoms with Crippen molar-refractivity contribution in [1.82, 2.24) is 0 Å². The van der Waals surface area contributed by atoms with E-state index in [0.29, 0.717) is 17.9 Å². The van der Waals surface area contributed by atoms with E-state index in [4.69, 9.17) is 10.00 Å². The third-order valence-electron chi connectivity index (χ3n) is 3.20. The highest BCUT2D eigenvalue weighted by Crippen LogP contribution is 2.28. The summed E-state index contributed by atoms with van der Waals surface area (Å²) in [6, 6.07) is 5.48. The Hall–Kier alpha value is -2.09. The highest BCUT2D eigenvalue weighted by atomic mass is 16.6. The Bertz CT molecular complexity index is 545. The van der Waals surface area contributed by atoms with Crippen molar-refractivity contribution >= 4 is 5.69 Å². The number of benzene rings is 1. The minimum absolute atomic E-state index is 0.112. The summed E-state index contributed by atoms with van der Waals surface area (Å²) in [5.41, 5.74) is 1.11. The van der Waals surface area contributed by atoms with Gasteiger partial charge in [0.2, 0.25) is 0 Å².